The number of aromatic nitrogens is 1. The van der Waals surface area contributed by atoms with E-state index in [1.165, 1.54) is 0 Å². The van der Waals surface area contributed by atoms with Gasteiger partial charge in [0.25, 0.3) is 5.91 Å². The number of anilines is 1. The van der Waals surface area contributed by atoms with Crippen LogP contribution in [0.4, 0.5) is 10.5 Å². The van der Waals surface area contributed by atoms with Crippen molar-refractivity contribution < 1.29 is 19.1 Å². The number of piperidine rings is 1. The highest BCUT2D eigenvalue weighted by atomic mass is 16.6. The molecule has 1 aliphatic heterocycles. The molecule has 0 atom stereocenters. The van der Waals surface area contributed by atoms with Gasteiger partial charge in [0, 0.05) is 38.1 Å². The number of hydrogen-bond donors (Lipinski definition) is 1. The van der Waals surface area contributed by atoms with E-state index in [1.807, 2.05) is 67.9 Å². The summed E-state index contributed by atoms with van der Waals surface area (Å²) in [4.78, 5) is 26.9. The monoisotopic (exact) mass is 413 g/mol. The van der Waals surface area contributed by atoms with Gasteiger partial charge in [-0.05, 0) is 63.4 Å². The molecule has 3 rings (SSSR count). The van der Waals surface area contributed by atoms with Gasteiger partial charge in [0.1, 0.15) is 11.3 Å². The first-order valence-corrected chi connectivity index (χ1v) is 10.3. The molecule has 30 heavy (non-hydrogen) atoms. The normalized spacial score (nSPS) is 15.1. The van der Waals surface area contributed by atoms with Crippen molar-refractivity contribution in [3.05, 3.63) is 53.9 Å². The molecule has 162 valence electrons. The molecule has 7 heteroatoms. The first kappa shape index (κ1) is 21.9. The Morgan fingerprint density at radius 2 is 1.87 bits per heavy atom. The summed E-state index contributed by atoms with van der Waals surface area (Å²) in [5, 5.41) is 2.98. The predicted molar refractivity (Wildman–Crippen MR) is 116 cm³/mol. The molecule has 1 saturated heterocycles. The van der Waals surface area contributed by atoms with Gasteiger partial charge >= 0.3 is 6.09 Å². The van der Waals surface area contributed by atoms with Crippen LogP contribution in [0.25, 0.3) is 0 Å². The van der Waals surface area contributed by atoms with Crippen molar-refractivity contribution in [3.63, 3.8) is 0 Å². The van der Waals surface area contributed by atoms with E-state index < -0.39 is 5.60 Å². The fourth-order valence-electron chi connectivity index (χ4n) is 3.66. The second-order valence-electron chi connectivity index (χ2n) is 8.59. The lowest BCUT2D eigenvalue weighted by Crippen LogP contribution is -2.42. The van der Waals surface area contributed by atoms with Crippen molar-refractivity contribution in [2.24, 2.45) is 0 Å². The minimum absolute atomic E-state index is 0.149. The molecular formula is C23H31N3O4. The Morgan fingerprint density at radius 1 is 1.13 bits per heavy atom. The maximum Gasteiger partial charge on any atom is 0.410 e. The lowest BCUT2D eigenvalue weighted by Gasteiger charge is -2.34. The lowest BCUT2D eigenvalue weighted by molar-refractivity contribution is 0.0187. The minimum Gasteiger partial charge on any atom is -0.444 e. The number of amides is 2. The third kappa shape index (κ3) is 5.63. The Bertz CT molecular complexity index is 877. The van der Waals surface area contributed by atoms with Gasteiger partial charge < -0.3 is 24.3 Å². The van der Waals surface area contributed by atoms with Crippen LogP contribution >= 0.6 is 0 Å². The van der Waals surface area contributed by atoms with Gasteiger partial charge in [-0.1, -0.05) is 12.1 Å². The van der Waals surface area contributed by atoms with E-state index in [0.717, 1.165) is 24.1 Å². The van der Waals surface area contributed by atoms with Gasteiger partial charge in [0.15, 0.2) is 0 Å². The molecule has 1 aromatic heterocycles. The molecule has 1 aromatic carbocycles. The molecular weight excluding hydrogens is 382 g/mol. The number of benzene rings is 1. The Morgan fingerprint density at radius 3 is 2.53 bits per heavy atom. The highest BCUT2D eigenvalue weighted by Gasteiger charge is 2.28. The zero-order valence-electron chi connectivity index (χ0n) is 18.2. The molecule has 0 aliphatic carbocycles. The fraction of sp³-hybridized carbons (Fsp3) is 0.478. The third-order valence-electron chi connectivity index (χ3n) is 5.02. The van der Waals surface area contributed by atoms with Gasteiger partial charge in [-0.2, -0.15) is 0 Å². The molecule has 2 aromatic rings. The topological polar surface area (TPSA) is 72.8 Å². The summed E-state index contributed by atoms with van der Waals surface area (Å²) >= 11 is 0. The highest BCUT2D eigenvalue weighted by Crippen LogP contribution is 2.26. The van der Waals surface area contributed by atoms with E-state index in [2.05, 4.69) is 5.32 Å². The van der Waals surface area contributed by atoms with Crippen LogP contribution in [0.5, 0.6) is 0 Å². The quantitative estimate of drug-likeness (QED) is 0.786. The van der Waals surface area contributed by atoms with Crippen LogP contribution in [-0.2, 0) is 16.1 Å². The molecule has 0 spiro atoms. The van der Waals surface area contributed by atoms with Crippen LogP contribution in [0, 0.1) is 0 Å². The predicted octanol–water partition coefficient (Wildman–Crippen LogP) is 4.46. The number of hydrogen-bond acceptors (Lipinski definition) is 4. The lowest BCUT2D eigenvalue weighted by atomic mass is 10.0. The molecule has 2 heterocycles. The van der Waals surface area contributed by atoms with E-state index in [9.17, 15) is 9.59 Å². The first-order valence-electron chi connectivity index (χ1n) is 10.3. The number of methoxy groups -OCH3 is 1. The second-order valence-corrected chi connectivity index (χ2v) is 8.59. The van der Waals surface area contributed by atoms with E-state index in [1.54, 1.807) is 12.0 Å². The average molecular weight is 414 g/mol. The highest BCUT2D eigenvalue weighted by molar-refractivity contribution is 6.03. The van der Waals surface area contributed by atoms with Gasteiger partial charge in [0.05, 0.1) is 6.61 Å². The molecule has 1 N–H and O–H groups in total. The molecule has 0 radical (unpaired) electrons. The number of carbonyl (C=O) groups is 2. The zero-order chi connectivity index (χ0) is 21.7. The van der Waals surface area contributed by atoms with Crippen LogP contribution in [0.2, 0.25) is 0 Å². The van der Waals surface area contributed by atoms with Crippen LogP contribution < -0.4 is 5.32 Å². The van der Waals surface area contributed by atoms with E-state index in [-0.39, 0.29) is 18.0 Å². The molecule has 1 aliphatic rings. The van der Waals surface area contributed by atoms with Crippen molar-refractivity contribution in [3.8, 4) is 0 Å². The van der Waals surface area contributed by atoms with Gasteiger partial charge in [-0.3, -0.25) is 4.79 Å². The van der Waals surface area contributed by atoms with Gasteiger partial charge in [-0.25, -0.2) is 4.79 Å². The van der Waals surface area contributed by atoms with Crippen molar-refractivity contribution in [2.75, 3.05) is 25.5 Å². The summed E-state index contributed by atoms with van der Waals surface area (Å²) in [7, 11) is 1.65. The van der Waals surface area contributed by atoms with E-state index >= 15 is 0 Å². The number of nitrogens with one attached hydrogen (secondary N) is 1. The fourth-order valence-corrected chi connectivity index (χ4v) is 3.66. The summed E-state index contributed by atoms with van der Waals surface area (Å²) in [6.07, 6.45) is 3.21. The maximum atomic E-state index is 12.9. The first-order chi connectivity index (χ1) is 14.3. The Hall–Kier alpha value is -2.80. The maximum absolute atomic E-state index is 12.9. The summed E-state index contributed by atoms with van der Waals surface area (Å²) in [5.74, 6) is -0.149. The standard InChI is InChI=1S/C23H31N3O4/c1-23(2,3)30-22(28)25-13-10-19(11-14-25)26-12-6-9-20(26)21(27)24-18-8-5-7-17(15-18)16-29-4/h5-9,12,15,19H,10-11,13-14,16H2,1-4H3,(H,24,27). The van der Waals surface area contributed by atoms with Gasteiger partial charge in [-0.15, -0.1) is 0 Å². The molecule has 0 bridgehead atoms. The third-order valence-corrected chi connectivity index (χ3v) is 5.02. The Balaban J connectivity index is 1.62. The molecule has 1 fully saturated rings. The average Bonchev–Trinajstić information content (AvgIpc) is 3.17. The van der Waals surface area contributed by atoms with E-state index in [0.29, 0.717) is 25.4 Å². The number of carbonyl (C=O) groups excluding carboxylic acids is 2. The SMILES string of the molecule is COCc1cccc(NC(=O)c2cccn2C2CCN(C(=O)OC(C)(C)C)CC2)c1. The summed E-state index contributed by atoms with van der Waals surface area (Å²) < 4.78 is 12.6. The summed E-state index contributed by atoms with van der Waals surface area (Å²) in [6, 6.07) is 11.5. The van der Waals surface area contributed by atoms with Crippen LogP contribution in [0.15, 0.2) is 42.6 Å². The van der Waals surface area contributed by atoms with Crippen LogP contribution in [0.1, 0.15) is 55.7 Å². The van der Waals surface area contributed by atoms with Crippen LogP contribution in [-0.4, -0.2) is 47.3 Å². The number of ether oxygens (including phenoxy) is 2. The summed E-state index contributed by atoms with van der Waals surface area (Å²) in [6.45, 7) is 7.32. The second kappa shape index (κ2) is 9.34. The zero-order valence-corrected chi connectivity index (χ0v) is 18.2. The molecule has 0 unspecified atom stereocenters. The molecule has 7 nitrogen and oxygen atoms in total. The minimum atomic E-state index is -0.500. The number of likely N-dealkylation sites (tertiary alicyclic amines) is 1. The number of nitrogens with zero attached hydrogens (tertiary/aromatic N) is 2. The number of rotatable bonds is 5. The van der Waals surface area contributed by atoms with Crippen LogP contribution in [0.3, 0.4) is 0 Å². The van der Waals surface area contributed by atoms with E-state index in [4.69, 9.17) is 9.47 Å². The van der Waals surface area contributed by atoms with Crippen molar-refractivity contribution >= 4 is 17.7 Å². The Labute approximate surface area is 178 Å². The van der Waals surface area contributed by atoms with Crippen molar-refractivity contribution in [1.82, 2.24) is 9.47 Å². The smallest absolute Gasteiger partial charge is 0.410 e. The summed E-state index contributed by atoms with van der Waals surface area (Å²) in [5.41, 5.74) is 1.85. The van der Waals surface area contributed by atoms with Crippen molar-refractivity contribution in [1.29, 1.82) is 0 Å². The van der Waals surface area contributed by atoms with Gasteiger partial charge in [0.2, 0.25) is 0 Å². The largest absolute Gasteiger partial charge is 0.444 e. The Kier molecular flexibility index (Phi) is 6.82. The molecule has 2 amide bonds. The molecule has 0 saturated carbocycles. The van der Waals surface area contributed by atoms with Crippen molar-refractivity contribution in [2.45, 2.75) is 51.9 Å².